The second kappa shape index (κ2) is 6.64. The molecule has 0 bridgehead atoms. The Hall–Kier alpha value is -1.22. The molecule has 0 spiro atoms. The van der Waals surface area contributed by atoms with Gasteiger partial charge in [0.15, 0.2) is 0 Å². The van der Waals surface area contributed by atoms with E-state index in [0.717, 1.165) is 23.5 Å². The highest BCUT2D eigenvalue weighted by molar-refractivity contribution is 5.46. The SMILES string of the molecule is CNC(Cc1cc(OC)c(C)cc1OC)C(C)C. The van der Waals surface area contributed by atoms with Crippen LogP contribution in [-0.4, -0.2) is 27.3 Å². The van der Waals surface area contributed by atoms with Gasteiger partial charge in [-0.1, -0.05) is 13.8 Å². The minimum absolute atomic E-state index is 0.436. The average molecular weight is 251 g/mol. The van der Waals surface area contributed by atoms with Gasteiger partial charge in [-0.05, 0) is 49.6 Å². The molecule has 0 aliphatic carbocycles. The van der Waals surface area contributed by atoms with Gasteiger partial charge in [-0.3, -0.25) is 0 Å². The number of hydrogen-bond acceptors (Lipinski definition) is 3. The quantitative estimate of drug-likeness (QED) is 0.843. The van der Waals surface area contributed by atoms with E-state index in [1.54, 1.807) is 14.2 Å². The lowest BCUT2D eigenvalue weighted by Crippen LogP contribution is -2.32. The summed E-state index contributed by atoms with van der Waals surface area (Å²) in [5, 5.41) is 3.36. The summed E-state index contributed by atoms with van der Waals surface area (Å²) in [7, 11) is 5.42. The van der Waals surface area contributed by atoms with E-state index in [-0.39, 0.29) is 0 Å². The van der Waals surface area contributed by atoms with Crippen molar-refractivity contribution in [1.29, 1.82) is 0 Å². The van der Waals surface area contributed by atoms with Crippen molar-refractivity contribution in [1.82, 2.24) is 5.32 Å². The number of aryl methyl sites for hydroxylation is 1. The second-order valence-corrected chi connectivity index (χ2v) is 4.98. The van der Waals surface area contributed by atoms with Crippen LogP contribution in [0.4, 0.5) is 0 Å². The molecule has 0 saturated carbocycles. The number of nitrogens with one attached hydrogen (secondary N) is 1. The monoisotopic (exact) mass is 251 g/mol. The lowest BCUT2D eigenvalue weighted by atomic mass is 9.95. The lowest BCUT2D eigenvalue weighted by Gasteiger charge is -2.22. The Morgan fingerprint density at radius 3 is 2.17 bits per heavy atom. The Balaban J connectivity index is 3.05. The summed E-state index contributed by atoms with van der Waals surface area (Å²) in [4.78, 5) is 0. The summed E-state index contributed by atoms with van der Waals surface area (Å²) >= 11 is 0. The number of methoxy groups -OCH3 is 2. The van der Waals surface area contributed by atoms with Crippen LogP contribution in [0.15, 0.2) is 12.1 Å². The first-order chi connectivity index (χ1) is 8.53. The van der Waals surface area contributed by atoms with E-state index >= 15 is 0 Å². The van der Waals surface area contributed by atoms with Crippen LogP contribution in [-0.2, 0) is 6.42 Å². The Kier molecular flexibility index (Phi) is 5.48. The Morgan fingerprint density at radius 2 is 1.72 bits per heavy atom. The largest absolute Gasteiger partial charge is 0.496 e. The van der Waals surface area contributed by atoms with Gasteiger partial charge >= 0.3 is 0 Å². The number of ether oxygens (including phenoxy) is 2. The van der Waals surface area contributed by atoms with Gasteiger partial charge < -0.3 is 14.8 Å². The van der Waals surface area contributed by atoms with E-state index in [0.29, 0.717) is 12.0 Å². The topological polar surface area (TPSA) is 30.5 Å². The van der Waals surface area contributed by atoms with E-state index in [9.17, 15) is 0 Å². The van der Waals surface area contributed by atoms with Crippen LogP contribution in [0.2, 0.25) is 0 Å². The van der Waals surface area contributed by atoms with Crippen molar-refractivity contribution in [3.05, 3.63) is 23.3 Å². The summed E-state index contributed by atoms with van der Waals surface area (Å²) in [6, 6.07) is 4.56. The molecule has 0 aliphatic rings. The Morgan fingerprint density at radius 1 is 1.11 bits per heavy atom. The fourth-order valence-electron chi connectivity index (χ4n) is 2.18. The summed E-state index contributed by atoms with van der Waals surface area (Å²) in [6.07, 6.45) is 0.938. The highest BCUT2D eigenvalue weighted by atomic mass is 16.5. The number of likely N-dealkylation sites (N-methyl/N-ethyl adjacent to an activating group) is 1. The molecule has 1 unspecified atom stereocenters. The van der Waals surface area contributed by atoms with Crippen LogP contribution in [0.5, 0.6) is 11.5 Å². The van der Waals surface area contributed by atoms with Gasteiger partial charge in [0.05, 0.1) is 14.2 Å². The van der Waals surface area contributed by atoms with Crippen LogP contribution in [0.25, 0.3) is 0 Å². The van der Waals surface area contributed by atoms with Crippen LogP contribution < -0.4 is 14.8 Å². The van der Waals surface area contributed by atoms with Crippen LogP contribution in [0, 0.1) is 12.8 Å². The van der Waals surface area contributed by atoms with E-state index in [1.165, 1.54) is 5.56 Å². The van der Waals surface area contributed by atoms with Crippen molar-refractivity contribution < 1.29 is 9.47 Å². The predicted octanol–water partition coefficient (Wildman–Crippen LogP) is 2.80. The van der Waals surface area contributed by atoms with E-state index < -0.39 is 0 Å². The minimum Gasteiger partial charge on any atom is -0.496 e. The van der Waals surface area contributed by atoms with Crippen LogP contribution in [0.1, 0.15) is 25.0 Å². The van der Waals surface area contributed by atoms with Crippen molar-refractivity contribution in [3.8, 4) is 11.5 Å². The molecule has 0 saturated heterocycles. The maximum atomic E-state index is 5.47. The van der Waals surface area contributed by atoms with Gasteiger partial charge in [0, 0.05) is 6.04 Å². The summed E-state index contributed by atoms with van der Waals surface area (Å²) in [6.45, 7) is 6.47. The molecule has 18 heavy (non-hydrogen) atoms. The van der Waals surface area contributed by atoms with Gasteiger partial charge in [-0.25, -0.2) is 0 Å². The fourth-order valence-corrected chi connectivity index (χ4v) is 2.18. The number of rotatable bonds is 6. The van der Waals surface area contributed by atoms with Crippen molar-refractivity contribution >= 4 is 0 Å². The van der Waals surface area contributed by atoms with Crippen molar-refractivity contribution in [3.63, 3.8) is 0 Å². The second-order valence-electron chi connectivity index (χ2n) is 4.98. The third kappa shape index (κ3) is 3.39. The lowest BCUT2D eigenvalue weighted by molar-refractivity contribution is 0.383. The Bertz CT molecular complexity index is 388. The van der Waals surface area contributed by atoms with Crippen molar-refractivity contribution in [2.45, 2.75) is 33.2 Å². The van der Waals surface area contributed by atoms with Crippen molar-refractivity contribution in [2.24, 2.45) is 5.92 Å². The fraction of sp³-hybridized carbons (Fsp3) is 0.600. The molecular formula is C15H25NO2. The first-order valence-electron chi connectivity index (χ1n) is 6.42. The summed E-state index contributed by atoms with van der Waals surface area (Å²) in [5.74, 6) is 2.44. The molecule has 0 aliphatic heterocycles. The van der Waals surface area contributed by atoms with Gasteiger partial charge in [0.1, 0.15) is 11.5 Å². The highest BCUT2D eigenvalue weighted by Gasteiger charge is 2.16. The van der Waals surface area contributed by atoms with Gasteiger partial charge in [-0.2, -0.15) is 0 Å². The maximum absolute atomic E-state index is 5.47. The molecule has 0 aromatic heterocycles. The molecule has 1 rings (SSSR count). The highest BCUT2D eigenvalue weighted by Crippen LogP contribution is 2.29. The third-order valence-corrected chi connectivity index (χ3v) is 3.41. The standard InChI is InChI=1S/C15H25NO2/c1-10(2)13(16-4)8-12-9-14(17-5)11(3)7-15(12)18-6/h7,9-10,13,16H,8H2,1-6H3. The smallest absolute Gasteiger partial charge is 0.122 e. The predicted molar refractivity (Wildman–Crippen MR) is 75.7 cm³/mol. The van der Waals surface area contributed by atoms with Gasteiger partial charge in [0.2, 0.25) is 0 Å². The van der Waals surface area contributed by atoms with Crippen LogP contribution in [0.3, 0.4) is 0 Å². The maximum Gasteiger partial charge on any atom is 0.122 e. The molecule has 3 nitrogen and oxygen atoms in total. The molecule has 1 aromatic carbocycles. The molecule has 102 valence electrons. The zero-order chi connectivity index (χ0) is 13.7. The van der Waals surface area contributed by atoms with Gasteiger partial charge in [0.25, 0.3) is 0 Å². The molecule has 3 heteroatoms. The first-order valence-corrected chi connectivity index (χ1v) is 6.42. The molecule has 0 amide bonds. The molecule has 1 N–H and O–H groups in total. The molecule has 0 radical (unpaired) electrons. The van der Waals surface area contributed by atoms with E-state index in [4.69, 9.17) is 9.47 Å². The summed E-state index contributed by atoms with van der Waals surface area (Å²) in [5.41, 5.74) is 2.29. The van der Waals surface area contributed by atoms with Gasteiger partial charge in [-0.15, -0.1) is 0 Å². The normalized spacial score (nSPS) is 12.6. The van der Waals surface area contributed by atoms with Crippen LogP contribution >= 0.6 is 0 Å². The molecular weight excluding hydrogens is 226 g/mol. The molecule has 1 aromatic rings. The molecule has 0 heterocycles. The zero-order valence-corrected chi connectivity index (χ0v) is 12.3. The number of benzene rings is 1. The van der Waals surface area contributed by atoms with E-state index in [2.05, 4.69) is 25.2 Å². The Labute approximate surface area is 110 Å². The minimum atomic E-state index is 0.436. The van der Waals surface area contributed by atoms with E-state index in [1.807, 2.05) is 20.0 Å². The average Bonchev–Trinajstić information content (AvgIpc) is 2.36. The summed E-state index contributed by atoms with van der Waals surface area (Å²) < 4.78 is 10.9. The third-order valence-electron chi connectivity index (χ3n) is 3.41. The molecule has 1 atom stereocenters. The number of hydrogen-bond donors (Lipinski definition) is 1. The zero-order valence-electron chi connectivity index (χ0n) is 12.3. The van der Waals surface area contributed by atoms with Crippen molar-refractivity contribution in [2.75, 3.05) is 21.3 Å². The molecule has 0 fully saturated rings. The first kappa shape index (κ1) is 14.8.